The summed E-state index contributed by atoms with van der Waals surface area (Å²) in [6.45, 7) is 2.35. The largest absolute Gasteiger partial charge is 0.477 e. The second-order valence-electron chi connectivity index (χ2n) is 3.45. The SMILES string of the molecule is O=C(O)C1=CN=C(N2CCNCC2)S1(=O)=O. The number of nitrogens with one attached hydrogen (secondary N) is 1. The molecule has 0 aliphatic carbocycles. The molecule has 2 aliphatic rings. The third-order valence-electron chi connectivity index (χ3n) is 2.42. The van der Waals surface area contributed by atoms with Crippen LogP contribution in [0.15, 0.2) is 16.1 Å². The first kappa shape index (κ1) is 11.1. The van der Waals surface area contributed by atoms with Crippen molar-refractivity contribution in [2.24, 2.45) is 4.99 Å². The lowest BCUT2D eigenvalue weighted by Gasteiger charge is -2.28. The Hall–Kier alpha value is -1.41. The van der Waals surface area contributed by atoms with Crippen LogP contribution in [0.1, 0.15) is 0 Å². The number of nitrogens with zero attached hydrogens (tertiary/aromatic N) is 2. The summed E-state index contributed by atoms with van der Waals surface area (Å²) >= 11 is 0. The molecule has 0 aromatic rings. The summed E-state index contributed by atoms with van der Waals surface area (Å²) in [5.41, 5.74) is 0. The number of sulfone groups is 1. The maximum atomic E-state index is 11.8. The zero-order chi connectivity index (χ0) is 11.8. The van der Waals surface area contributed by atoms with Crippen LogP contribution in [0.4, 0.5) is 0 Å². The molecule has 0 saturated carbocycles. The number of hydrogen-bond donors (Lipinski definition) is 2. The van der Waals surface area contributed by atoms with E-state index >= 15 is 0 Å². The number of carboxylic acid groups (broad SMARTS) is 1. The van der Waals surface area contributed by atoms with Crippen LogP contribution in [0.3, 0.4) is 0 Å². The van der Waals surface area contributed by atoms with Gasteiger partial charge in [0, 0.05) is 26.2 Å². The average molecular weight is 245 g/mol. The van der Waals surface area contributed by atoms with Crippen molar-refractivity contribution in [3.63, 3.8) is 0 Å². The van der Waals surface area contributed by atoms with E-state index in [1.165, 1.54) is 0 Å². The van der Waals surface area contributed by atoms with Gasteiger partial charge in [-0.05, 0) is 0 Å². The van der Waals surface area contributed by atoms with Gasteiger partial charge in [0.15, 0.2) is 4.91 Å². The Kier molecular flexibility index (Phi) is 2.68. The van der Waals surface area contributed by atoms with Crippen molar-refractivity contribution in [3.8, 4) is 0 Å². The molecule has 0 spiro atoms. The summed E-state index contributed by atoms with van der Waals surface area (Å²) in [6, 6.07) is 0. The van der Waals surface area contributed by atoms with E-state index in [1.54, 1.807) is 4.90 Å². The van der Waals surface area contributed by atoms with Crippen molar-refractivity contribution in [1.29, 1.82) is 0 Å². The van der Waals surface area contributed by atoms with E-state index in [0.717, 1.165) is 6.20 Å². The molecule has 8 heteroatoms. The van der Waals surface area contributed by atoms with Crippen molar-refractivity contribution in [3.05, 3.63) is 11.1 Å². The third-order valence-corrected chi connectivity index (χ3v) is 4.12. The second-order valence-corrected chi connectivity index (χ2v) is 5.26. The Morgan fingerprint density at radius 3 is 2.56 bits per heavy atom. The topological polar surface area (TPSA) is 99.1 Å². The Morgan fingerprint density at radius 1 is 1.44 bits per heavy atom. The number of amidine groups is 1. The smallest absolute Gasteiger partial charge is 0.349 e. The van der Waals surface area contributed by atoms with Gasteiger partial charge >= 0.3 is 5.97 Å². The minimum Gasteiger partial charge on any atom is -0.477 e. The molecule has 7 nitrogen and oxygen atoms in total. The molecule has 0 aromatic heterocycles. The van der Waals surface area contributed by atoms with Crippen molar-refractivity contribution in [2.75, 3.05) is 26.2 Å². The average Bonchev–Trinajstić information content (AvgIpc) is 2.55. The molecule has 0 atom stereocenters. The molecular formula is C8H11N3O4S. The Bertz CT molecular complexity index is 474. The van der Waals surface area contributed by atoms with Crippen molar-refractivity contribution < 1.29 is 18.3 Å². The lowest BCUT2D eigenvalue weighted by molar-refractivity contribution is -0.131. The van der Waals surface area contributed by atoms with Crippen LogP contribution in [0, 0.1) is 0 Å². The second kappa shape index (κ2) is 3.87. The van der Waals surface area contributed by atoms with Gasteiger partial charge in [0.2, 0.25) is 15.0 Å². The van der Waals surface area contributed by atoms with E-state index < -0.39 is 20.7 Å². The van der Waals surface area contributed by atoms with Gasteiger partial charge in [-0.25, -0.2) is 18.2 Å². The fourth-order valence-electron chi connectivity index (χ4n) is 1.63. The Morgan fingerprint density at radius 2 is 2.06 bits per heavy atom. The van der Waals surface area contributed by atoms with E-state index in [4.69, 9.17) is 5.11 Å². The maximum Gasteiger partial charge on any atom is 0.349 e. The molecule has 2 N–H and O–H groups in total. The highest BCUT2D eigenvalue weighted by molar-refractivity contribution is 8.10. The van der Waals surface area contributed by atoms with Gasteiger partial charge in [-0.1, -0.05) is 0 Å². The fourth-order valence-corrected chi connectivity index (χ4v) is 2.96. The highest BCUT2D eigenvalue weighted by Gasteiger charge is 2.38. The normalized spacial score (nSPS) is 23.9. The first-order valence-electron chi connectivity index (χ1n) is 4.75. The summed E-state index contributed by atoms with van der Waals surface area (Å²) < 4.78 is 23.6. The van der Waals surface area contributed by atoms with Crippen LogP contribution in [0.5, 0.6) is 0 Å². The Labute approximate surface area is 92.4 Å². The number of hydrogen-bond acceptors (Lipinski definition) is 6. The van der Waals surface area contributed by atoms with Gasteiger partial charge in [-0.3, -0.25) is 0 Å². The monoisotopic (exact) mass is 245 g/mol. The summed E-state index contributed by atoms with van der Waals surface area (Å²) in [7, 11) is -3.92. The van der Waals surface area contributed by atoms with E-state index in [1.807, 2.05) is 0 Å². The lowest BCUT2D eigenvalue weighted by atomic mass is 10.4. The number of piperazine rings is 1. The van der Waals surface area contributed by atoms with E-state index in [-0.39, 0.29) is 5.17 Å². The zero-order valence-corrected chi connectivity index (χ0v) is 9.20. The van der Waals surface area contributed by atoms with Gasteiger partial charge in [-0.2, -0.15) is 0 Å². The Balaban J connectivity index is 2.25. The van der Waals surface area contributed by atoms with Crippen molar-refractivity contribution in [2.45, 2.75) is 0 Å². The molecule has 1 fully saturated rings. The molecule has 0 radical (unpaired) electrons. The van der Waals surface area contributed by atoms with E-state index in [9.17, 15) is 13.2 Å². The number of aliphatic carboxylic acids is 1. The van der Waals surface area contributed by atoms with Crippen LogP contribution in [0.2, 0.25) is 0 Å². The molecule has 0 bridgehead atoms. The molecule has 16 heavy (non-hydrogen) atoms. The van der Waals surface area contributed by atoms with E-state index in [0.29, 0.717) is 26.2 Å². The number of carboxylic acids is 1. The quantitative estimate of drug-likeness (QED) is 0.589. The zero-order valence-electron chi connectivity index (χ0n) is 8.38. The van der Waals surface area contributed by atoms with Gasteiger partial charge in [0.05, 0.1) is 6.20 Å². The molecule has 0 aromatic carbocycles. The maximum absolute atomic E-state index is 11.8. The minimum atomic E-state index is -3.92. The van der Waals surface area contributed by atoms with Crippen molar-refractivity contribution in [1.82, 2.24) is 10.2 Å². The van der Waals surface area contributed by atoms with Crippen molar-refractivity contribution >= 4 is 21.0 Å². The summed E-state index contributed by atoms with van der Waals surface area (Å²) in [4.78, 5) is 15.3. The highest BCUT2D eigenvalue weighted by Crippen LogP contribution is 2.19. The summed E-state index contributed by atoms with van der Waals surface area (Å²) in [6.07, 6.45) is 0.898. The standard InChI is InChI=1S/C8H11N3O4S/c12-7(13)6-5-10-8(16(6,14)15)11-3-1-9-2-4-11/h5,9H,1-4H2,(H,12,13). The first-order chi connectivity index (χ1) is 7.53. The third kappa shape index (κ3) is 1.69. The molecule has 2 rings (SSSR count). The molecule has 1 saturated heterocycles. The molecular weight excluding hydrogens is 234 g/mol. The number of aliphatic imine (C=N–C) groups is 1. The summed E-state index contributed by atoms with van der Waals surface area (Å²) in [5.74, 6) is -1.46. The van der Waals surface area contributed by atoms with E-state index in [2.05, 4.69) is 10.3 Å². The number of carbonyl (C=O) groups is 1. The van der Waals surface area contributed by atoms with Crippen LogP contribution in [-0.4, -0.2) is 55.7 Å². The molecule has 2 aliphatic heterocycles. The molecule has 0 unspecified atom stereocenters. The van der Waals surface area contributed by atoms with Crippen LogP contribution >= 0.6 is 0 Å². The van der Waals surface area contributed by atoms with Gasteiger partial charge in [0.25, 0.3) is 0 Å². The minimum absolute atomic E-state index is 0.147. The van der Waals surface area contributed by atoms with Gasteiger partial charge in [0.1, 0.15) is 0 Å². The van der Waals surface area contributed by atoms with Crippen LogP contribution in [-0.2, 0) is 14.6 Å². The first-order valence-corrected chi connectivity index (χ1v) is 6.24. The van der Waals surface area contributed by atoms with Gasteiger partial charge in [-0.15, -0.1) is 0 Å². The molecule has 0 amide bonds. The lowest BCUT2D eigenvalue weighted by Crippen LogP contribution is -2.48. The van der Waals surface area contributed by atoms with Crippen LogP contribution < -0.4 is 5.32 Å². The highest BCUT2D eigenvalue weighted by atomic mass is 32.2. The van der Waals surface area contributed by atoms with Gasteiger partial charge < -0.3 is 15.3 Å². The number of rotatable bonds is 1. The molecule has 2 heterocycles. The summed E-state index contributed by atoms with van der Waals surface area (Å²) in [5, 5.41) is 11.6. The molecule has 88 valence electrons. The predicted molar refractivity (Wildman–Crippen MR) is 56.5 cm³/mol. The van der Waals surface area contributed by atoms with Crippen LogP contribution in [0.25, 0.3) is 0 Å². The fraction of sp³-hybridized carbons (Fsp3) is 0.500. The predicted octanol–water partition coefficient (Wildman–Crippen LogP) is -1.40.